The van der Waals surface area contributed by atoms with Crippen molar-refractivity contribution >= 4 is 11.8 Å². The second kappa shape index (κ2) is 7.04. The highest BCUT2D eigenvalue weighted by atomic mass is 16.2. The average Bonchev–Trinajstić information content (AvgIpc) is 3.04. The molecule has 0 aliphatic carbocycles. The van der Waals surface area contributed by atoms with Crippen molar-refractivity contribution in [3.05, 3.63) is 42.5 Å². The fourth-order valence-electron chi connectivity index (χ4n) is 3.12. The van der Waals surface area contributed by atoms with Gasteiger partial charge in [0.2, 0.25) is 11.8 Å². The normalized spacial score (nSPS) is 19.3. The summed E-state index contributed by atoms with van der Waals surface area (Å²) in [5.74, 6) is 0.737. The Morgan fingerprint density at radius 3 is 2.84 bits per heavy atom. The Hall–Kier alpha value is -2.70. The van der Waals surface area contributed by atoms with Crippen molar-refractivity contribution in [2.75, 3.05) is 0 Å². The van der Waals surface area contributed by atoms with Gasteiger partial charge >= 0.3 is 0 Å². The second-order valence-electron chi connectivity index (χ2n) is 6.88. The lowest BCUT2D eigenvalue weighted by atomic mass is 9.87. The summed E-state index contributed by atoms with van der Waals surface area (Å²) in [5, 5.41) is 14.1. The zero-order chi connectivity index (χ0) is 17.9. The van der Waals surface area contributed by atoms with Crippen molar-refractivity contribution < 1.29 is 9.59 Å². The topological polar surface area (TPSA) is 88.9 Å². The second-order valence-corrected chi connectivity index (χ2v) is 6.88. The van der Waals surface area contributed by atoms with Gasteiger partial charge in [-0.25, -0.2) is 0 Å². The fourth-order valence-corrected chi connectivity index (χ4v) is 3.12. The molecule has 1 aromatic carbocycles. The maximum absolute atomic E-state index is 12.3. The molecule has 0 saturated carbocycles. The monoisotopic (exact) mass is 341 g/mol. The molecule has 132 valence electrons. The Morgan fingerprint density at radius 2 is 2.12 bits per heavy atom. The Morgan fingerprint density at radius 1 is 1.36 bits per heavy atom. The molecule has 2 heterocycles. The van der Waals surface area contributed by atoms with E-state index in [1.807, 2.05) is 48.7 Å². The van der Waals surface area contributed by atoms with Gasteiger partial charge in [0, 0.05) is 24.9 Å². The molecule has 1 saturated heterocycles. The van der Waals surface area contributed by atoms with Gasteiger partial charge in [-0.15, -0.1) is 10.2 Å². The summed E-state index contributed by atoms with van der Waals surface area (Å²) in [6.07, 6.45) is 3.58. The van der Waals surface area contributed by atoms with E-state index in [1.165, 1.54) is 0 Å². The largest absolute Gasteiger partial charge is 0.351 e. The van der Waals surface area contributed by atoms with E-state index < -0.39 is 5.54 Å². The van der Waals surface area contributed by atoms with E-state index in [1.54, 1.807) is 6.33 Å². The number of hydrogen-bond donors (Lipinski definition) is 2. The summed E-state index contributed by atoms with van der Waals surface area (Å²) in [6, 6.07) is 9.73. The van der Waals surface area contributed by atoms with Gasteiger partial charge < -0.3 is 10.6 Å². The molecule has 2 N–H and O–H groups in total. The third kappa shape index (κ3) is 4.04. The van der Waals surface area contributed by atoms with Crippen molar-refractivity contribution in [2.24, 2.45) is 0 Å². The average molecular weight is 341 g/mol. The van der Waals surface area contributed by atoms with Crippen molar-refractivity contribution in [3.8, 4) is 5.69 Å². The van der Waals surface area contributed by atoms with Gasteiger partial charge in [-0.3, -0.25) is 14.2 Å². The Bertz CT molecular complexity index is 754. The maximum atomic E-state index is 12.3. The number of para-hydroxylation sites is 1. The van der Waals surface area contributed by atoms with Crippen molar-refractivity contribution in [1.29, 1.82) is 0 Å². The molecule has 2 aromatic rings. The van der Waals surface area contributed by atoms with Gasteiger partial charge in [0.1, 0.15) is 12.2 Å². The predicted octanol–water partition coefficient (Wildman–Crippen LogP) is 1.37. The predicted molar refractivity (Wildman–Crippen MR) is 93.1 cm³/mol. The molecular formula is C18H23N5O2. The molecule has 1 fully saturated rings. The van der Waals surface area contributed by atoms with Crippen LogP contribution in [0.4, 0.5) is 0 Å². The van der Waals surface area contributed by atoms with Crippen LogP contribution < -0.4 is 10.6 Å². The first-order valence-corrected chi connectivity index (χ1v) is 8.50. The molecule has 25 heavy (non-hydrogen) atoms. The van der Waals surface area contributed by atoms with Crippen LogP contribution in [0, 0.1) is 0 Å². The van der Waals surface area contributed by atoms with E-state index in [2.05, 4.69) is 20.8 Å². The number of aryl methyl sites for hydroxylation is 1. The van der Waals surface area contributed by atoms with E-state index in [4.69, 9.17) is 0 Å². The molecule has 1 atom stereocenters. The zero-order valence-electron chi connectivity index (χ0n) is 14.5. The third-order valence-electron chi connectivity index (χ3n) is 4.56. The minimum atomic E-state index is -0.435. The third-order valence-corrected chi connectivity index (χ3v) is 4.56. The van der Waals surface area contributed by atoms with Crippen LogP contribution in [0.2, 0.25) is 0 Å². The Labute approximate surface area is 146 Å². The SMILES string of the molecule is CC1(C)NC(=O)CCC1NC(=O)CCc1nncn1-c1ccccc1. The molecule has 1 aliphatic rings. The number of hydrogen-bond acceptors (Lipinski definition) is 4. The highest BCUT2D eigenvalue weighted by Crippen LogP contribution is 2.20. The van der Waals surface area contributed by atoms with Gasteiger partial charge in [-0.05, 0) is 32.4 Å². The summed E-state index contributed by atoms with van der Waals surface area (Å²) in [5.41, 5.74) is 0.536. The molecule has 0 bridgehead atoms. The van der Waals surface area contributed by atoms with Crippen molar-refractivity contribution in [3.63, 3.8) is 0 Å². The molecule has 7 nitrogen and oxygen atoms in total. The first kappa shape index (κ1) is 17.1. The molecule has 1 unspecified atom stereocenters. The van der Waals surface area contributed by atoms with Gasteiger partial charge in [0.25, 0.3) is 0 Å². The van der Waals surface area contributed by atoms with Crippen molar-refractivity contribution in [1.82, 2.24) is 25.4 Å². The number of benzene rings is 1. The van der Waals surface area contributed by atoms with Crippen LogP contribution in [0.15, 0.2) is 36.7 Å². The van der Waals surface area contributed by atoms with Crippen LogP contribution in [0.25, 0.3) is 5.69 Å². The molecule has 3 rings (SSSR count). The van der Waals surface area contributed by atoms with E-state index in [-0.39, 0.29) is 17.9 Å². The molecule has 0 spiro atoms. The number of carbonyl (C=O) groups excluding carboxylic acids is 2. The highest BCUT2D eigenvalue weighted by Gasteiger charge is 2.36. The van der Waals surface area contributed by atoms with Crippen LogP contribution in [-0.2, 0) is 16.0 Å². The van der Waals surface area contributed by atoms with E-state index >= 15 is 0 Å². The number of aromatic nitrogens is 3. The lowest BCUT2D eigenvalue weighted by Crippen LogP contribution is -2.62. The minimum Gasteiger partial charge on any atom is -0.351 e. The smallest absolute Gasteiger partial charge is 0.220 e. The standard InChI is InChI=1S/C18H23N5O2/c1-18(2)14(8-10-17(25)21-18)20-16(24)11-9-15-22-19-12-23(15)13-6-4-3-5-7-13/h3-7,12,14H,8-11H2,1-2H3,(H,20,24)(H,21,25). The van der Waals surface area contributed by atoms with E-state index in [0.29, 0.717) is 25.7 Å². The molecular weight excluding hydrogens is 318 g/mol. The summed E-state index contributed by atoms with van der Waals surface area (Å²) in [6.45, 7) is 3.86. The van der Waals surface area contributed by atoms with E-state index in [0.717, 1.165) is 11.5 Å². The van der Waals surface area contributed by atoms with Gasteiger partial charge in [0.05, 0.1) is 11.6 Å². The lowest BCUT2D eigenvalue weighted by Gasteiger charge is -2.39. The first-order valence-electron chi connectivity index (χ1n) is 8.50. The number of amides is 2. The van der Waals surface area contributed by atoms with Crippen LogP contribution >= 0.6 is 0 Å². The maximum Gasteiger partial charge on any atom is 0.220 e. The minimum absolute atomic E-state index is 0.0338. The van der Waals surface area contributed by atoms with Crippen molar-refractivity contribution in [2.45, 2.75) is 51.1 Å². The number of carbonyl (C=O) groups is 2. The fraction of sp³-hybridized carbons (Fsp3) is 0.444. The number of rotatable bonds is 5. The lowest BCUT2D eigenvalue weighted by molar-refractivity contribution is -0.128. The van der Waals surface area contributed by atoms with Crippen LogP contribution in [-0.4, -0.2) is 38.2 Å². The zero-order valence-corrected chi connectivity index (χ0v) is 14.5. The van der Waals surface area contributed by atoms with Gasteiger partial charge in [0.15, 0.2) is 0 Å². The molecule has 2 amide bonds. The van der Waals surface area contributed by atoms with E-state index in [9.17, 15) is 9.59 Å². The summed E-state index contributed by atoms with van der Waals surface area (Å²) >= 11 is 0. The summed E-state index contributed by atoms with van der Waals surface area (Å²) in [7, 11) is 0. The van der Waals surface area contributed by atoms with Gasteiger partial charge in [-0.1, -0.05) is 18.2 Å². The quantitative estimate of drug-likeness (QED) is 0.860. The number of nitrogens with one attached hydrogen (secondary N) is 2. The van der Waals surface area contributed by atoms with Crippen LogP contribution in [0.3, 0.4) is 0 Å². The molecule has 7 heteroatoms. The Kier molecular flexibility index (Phi) is 4.83. The molecule has 0 radical (unpaired) electrons. The Balaban J connectivity index is 1.59. The first-order chi connectivity index (χ1) is 12.0. The highest BCUT2D eigenvalue weighted by molar-refractivity contribution is 5.80. The van der Waals surface area contributed by atoms with Crippen LogP contribution in [0.5, 0.6) is 0 Å². The molecule has 1 aromatic heterocycles. The van der Waals surface area contributed by atoms with Gasteiger partial charge in [-0.2, -0.15) is 0 Å². The number of nitrogens with zero attached hydrogens (tertiary/aromatic N) is 3. The molecule has 1 aliphatic heterocycles. The summed E-state index contributed by atoms with van der Waals surface area (Å²) in [4.78, 5) is 23.9. The summed E-state index contributed by atoms with van der Waals surface area (Å²) < 4.78 is 1.89. The van der Waals surface area contributed by atoms with Crippen LogP contribution in [0.1, 0.15) is 38.9 Å². The number of piperidine rings is 1.